The van der Waals surface area contributed by atoms with Gasteiger partial charge in [-0.2, -0.15) is 0 Å². The Morgan fingerprint density at radius 1 is 1.18 bits per heavy atom. The third-order valence-electron chi connectivity index (χ3n) is 2.71. The van der Waals surface area contributed by atoms with E-state index in [1.165, 1.54) is 18.2 Å². The zero-order valence-corrected chi connectivity index (χ0v) is 15.1. The van der Waals surface area contributed by atoms with E-state index in [9.17, 15) is 13.2 Å². The largest absolute Gasteiger partial charge is 0.462 e. The number of benzene rings is 1. The summed E-state index contributed by atoms with van der Waals surface area (Å²) < 4.78 is 32.4. The van der Waals surface area contributed by atoms with Crippen LogP contribution in [0.25, 0.3) is 0 Å². The van der Waals surface area contributed by atoms with Crippen LogP contribution in [0.1, 0.15) is 30.6 Å². The first-order valence-corrected chi connectivity index (χ1v) is 9.36. The van der Waals surface area contributed by atoms with Crippen LogP contribution in [0.3, 0.4) is 0 Å². The molecule has 124 valence electrons. The molecule has 0 aliphatic carbocycles. The van der Waals surface area contributed by atoms with Gasteiger partial charge >= 0.3 is 5.97 Å². The second-order valence-electron chi connectivity index (χ2n) is 4.54. The molecule has 0 unspecified atom stereocenters. The Labute approximate surface area is 139 Å². The van der Waals surface area contributed by atoms with Gasteiger partial charge in [-0.3, -0.25) is 0 Å². The molecule has 0 aromatic heterocycles. The lowest BCUT2D eigenvalue weighted by molar-refractivity contribution is 0.0526. The Bertz CT molecular complexity index is 605. The number of rotatable bonds is 9. The molecule has 0 saturated carbocycles. The van der Waals surface area contributed by atoms with Gasteiger partial charge in [0.25, 0.3) is 0 Å². The standard InChI is InChI=1S/C14H21BrN2O4S/c1-3-5-16-6-7-17-22(19,20)13-9-11(8-12(15)10-13)14(18)21-4-2/h8-10,16-17H,3-7H2,1-2H3. The van der Waals surface area contributed by atoms with Crippen LogP contribution in [0, 0.1) is 0 Å². The fourth-order valence-corrected chi connectivity index (χ4v) is 3.46. The van der Waals surface area contributed by atoms with E-state index in [0.717, 1.165) is 13.0 Å². The Kier molecular flexibility index (Phi) is 8.02. The van der Waals surface area contributed by atoms with E-state index < -0.39 is 16.0 Å². The van der Waals surface area contributed by atoms with Crippen molar-refractivity contribution in [3.63, 3.8) is 0 Å². The van der Waals surface area contributed by atoms with Crippen LogP contribution >= 0.6 is 15.9 Å². The van der Waals surface area contributed by atoms with Gasteiger partial charge in [-0.15, -0.1) is 0 Å². The molecule has 0 amide bonds. The normalized spacial score (nSPS) is 11.4. The number of esters is 1. The number of ether oxygens (including phenoxy) is 1. The topological polar surface area (TPSA) is 84.5 Å². The van der Waals surface area contributed by atoms with Gasteiger partial charge in [0.05, 0.1) is 17.1 Å². The van der Waals surface area contributed by atoms with Gasteiger partial charge in [0.1, 0.15) is 0 Å². The highest BCUT2D eigenvalue weighted by molar-refractivity contribution is 9.10. The van der Waals surface area contributed by atoms with Gasteiger partial charge < -0.3 is 10.1 Å². The number of hydrogen-bond acceptors (Lipinski definition) is 5. The molecule has 0 atom stereocenters. The van der Waals surface area contributed by atoms with Crippen molar-refractivity contribution < 1.29 is 17.9 Å². The molecule has 0 saturated heterocycles. The summed E-state index contributed by atoms with van der Waals surface area (Å²) in [7, 11) is -3.67. The Balaban J connectivity index is 2.83. The fourth-order valence-electron chi connectivity index (χ4n) is 1.71. The molecule has 0 bridgehead atoms. The summed E-state index contributed by atoms with van der Waals surface area (Å²) >= 11 is 3.21. The number of sulfonamides is 1. The second-order valence-corrected chi connectivity index (χ2v) is 7.23. The monoisotopic (exact) mass is 392 g/mol. The summed E-state index contributed by atoms with van der Waals surface area (Å²) in [6.07, 6.45) is 0.987. The molecule has 22 heavy (non-hydrogen) atoms. The number of carbonyl (C=O) groups is 1. The van der Waals surface area contributed by atoms with E-state index in [-0.39, 0.29) is 23.6 Å². The summed E-state index contributed by atoms with van der Waals surface area (Å²) in [6.45, 7) is 5.63. The molecular weight excluding hydrogens is 372 g/mol. The van der Waals surface area contributed by atoms with Crippen molar-refractivity contribution >= 4 is 31.9 Å². The van der Waals surface area contributed by atoms with Crippen molar-refractivity contribution in [2.45, 2.75) is 25.2 Å². The zero-order chi connectivity index (χ0) is 16.6. The van der Waals surface area contributed by atoms with Gasteiger partial charge in [0, 0.05) is 17.6 Å². The maximum atomic E-state index is 12.2. The number of nitrogens with one attached hydrogen (secondary N) is 2. The first kappa shape index (κ1) is 19.1. The van der Waals surface area contributed by atoms with Crippen LogP contribution in [0.15, 0.2) is 27.6 Å². The molecule has 8 heteroatoms. The molecule has 6 nitrogen and oxygen atoms in total. The number of carbonyl (C=O) groups excluding carboxylic acids is 1. The highest BCUT2D eigenvalue weighted by Gasteiger charge is 2.17. The third kappa shape index (κ3) is 6.04. The van der Waals surface area contributed by atoms with Crippen molar-refractivity contribution in [2.24, 2.45) is 0 Å². The van der Waals surface area contributed by atoms with E-state index in [2.05, 4.69) is 26.0 Å². The number of halogens is 1. The van der Waals surface area contributed by atoms with Crippen LogP contribution in [0.4, 0.5) is 0 Å². The molecule has 0 aliphatic rings. The highest BCUT2D eigenvalue weighted by Crippen LogP contribution is 2.20. The number of hydrogen-bond donors (Lipinski definition) is 2. The van der Waals surface area contributed by atoms with Crippen LogP contribution in [0.2, 0.25) is 0 Å². The average Bonchev–Trinajstić information content (AvgIpc) is 2.46. The molecule has 0 heterocycles. The van der Waals surface area contributed by atoms with Gasteiger partial charge in [0.2, 0.25) is 10.0 Å². The molecule has 2 N–H and O–H groups in total. The lowest BCUT2D eigenvalue weighted by Gasteiger charge is -2.09. The van der Waals surface area contributed by atoms with Crippen molar-refractivity contribution in [3.05, 3.63) is 28.2 Å². The molecule has 0 fully saturated rings. The minimum atomic E-state index is -3.67. The molecule has 1 rings (SSSR count). The fraction of sp³-hybridized carbons (Fsp3) is 0.500. The summed E-state index contributed by atoms with van der Waals surface area (Å²) in [5, 5.41) is 3.11. The van der Waals surface area contributed by atoms with E-state index in [4.69, 9.17) is 4.74 Å². The van der Waals surface area contributed by atoms with Crippen molar-refractivity contribution in [1.82, 2.24) is 10.0 Å². The smallest absolute Gasteiger partial charge is 0.338 e. The average molecular weight is 393 g/mol. The highest BCUT2D eigenvalue weighted by atomic mass is 79.9. The summed E-state index contributed by atoms with van der Waals surface area (Å²) in [5.41, 5.74) is 0.195. The van der Waals surface area contributed by atoms with Crippen molar-refractivity contribution in [1.29, 1.82) is 0 Å². The molecule has 0 spiro atoms. The van der Waals surface area contributed by atoms with Gasteiger partial charge in [-0.25, -0.2) is 17.9 Å². The molecule has 1 aromatic carbocycles. The Morgan fingerprint density at radius 3 is 2.55 bits per heavy atom. The first-order chi connectivity index (χ1) is 10.4. The quantitative estimate of drug-likeness (QED) is 0.495. The SMILES string of the molecule is CCCNCCNS(=O)(=O)c1cc(Br)cc(C(=O)OCC)c1. The Hall–Kier alpha value is -0.960. The summed E-state index contributed by atoms with van der Waals surface area (Å²) in [5.74, 6) is -0.551. The minimum Gasteiger partial charge on any atom is -0.462 e. The van der Waals surface area contributed by atoms with Crippen LogP contribution in [0.5, 0.6) is 0 Å². The second kappa shape index (κ2) is 9.24. The van der Waals surface area contributed by atoms with Gasteiger partial charge in [0.15, 0.2) is 0 Å². The van der Waals surface area contributed by atoms with E-state index in [0.29, 0.717) is 11.0 Å². The van der Waals surface area contributed by atoms with E-state index >= 15 is 0 Å². The van der Waals surface area contributed by atoms with Crippen molar-refractivity contribution in [3.8, 4) is 0 Å². The third-order valence-corrected chi connectivity index (χ3v) is 4.61. The summed E-state index contributed by atoms with van der Waals surface area (Å²) in [4.78, 5) is 11.8. The summed E-state index contributed by atoms with van der Waals surface area (Å²) in [6, 6.07) is 4.29. The maximum absolute atomic E-state index is 12.2. The molecule has 0 aliphatic heterocycles. The minimum absolute atomic E-state index is 0.0282. The molecule has 0 radical (unpaired) electrons. The maximum Gasteiger partial charge on any atom is 0.338 e. The first-order valence-electron chi connectivity index (χ1n) is 7.08. The van der Waals surface area contributed by atoms with E-state index in [1.807, 2.05) is 6.92 Å². The van der Waals surface area contributed by atoms with Crippen LogP contribution in [-0.2, 0) is 14.8 Å². The van der Waals surface area contributed by atoms with Gasteiger partial charge in [-0.1, -0.05) is 22.9 Å². The predicted molar refractivity (Wildman–Crippen MR) is 88.4 cm³/mol. The molecular formula is C14H21BrN2O4S. The Morgan fingerprint density at radius 2 is 1.91 bits per heavy atom. The van der Waals surface area contributed by atoms with Crippen molar-refractivity contribution in [2.75, 3.05) is 26.2 Å². The lowest BCUT2D eigenvalue weighted by Crippen LogP contribution is -2.32. The zero-order valence-electron chi connectivity index (χ0n) is 12.7. The predicted octanol–water partition coefficient (Wildman–Crippen LogP) is 1.90. The van der Waals surface area contributed by atoms with E-state index in [1.54, 1.807) is 6.92 Å². The van der Waals surface area contributed by atoms with Crippen LogP contribution < -0.4 is 10.0 Å². The van der Waals surface area contributed by atoms with Gasteiger partial charge in [-0.05, 0) is 38.1 Å². The lowest BCUT2D eigenvalue weighted by atomic mass is 10.2. The molecule has 1 aromatic rings. The van der Waals surface area contributed by atoms with Crippen LogP contribution in [-0.4, -0.2) is 40.6 Å².